The first-order valence-corrected chi connectivity index (χ1v) is 8.34. The van der Waals surface area contributed by atoms with Crippen molar-refractivity contribution in [3.63, 3.8) is 0 Å². The van der Waals surface area contributed by atoms with E-state index in [0.717, 1.165) is 4.90 Å². The van der Waals surface area contributed by atoms with Gasteiger partial charge in [-0.15, -0.1) is 0 Å². The third kappa shape index (κ3) is 3.38. The van der Waals surface area contributed by atoms with Crippen LogP contribution in [0.2, 0.25) is 10.0 Å². The van der Waals surface area contributed by atoms with Crippen LogP contribution in [0, 0.1) is 0 Å². The number of halogens is 2. The van der Waals surface area contributed by atoms with Crippen molar-refractivity contribution in [2.24, 2.45) is 0 Å². The summed E-state index contributed by atoms with van der Waals surface area (Å²) in [6.07, 6.45) is 0. The Bertz CT molecular complexity index is 854. The fourth-order valence-electron chi connectivity index (χ4n) is 2.55. The molecule has 0 aliphatic carbocycles. The number of carbonyl (C=O) groups is 3. The van der Waals surface area contributed by atoms with Gasteiger partial charge in [0.25, 0.3) is 11.8 Å². The first-order valence-electron chi connectivity index (χ1n) is 7.59. The number of esters is 1. The van der Waals surface area contributed by atoms with Gasteiger partial charge in [0, 0.05) is 0 Å². The molecule has 2 aromatic rings. The summed E-state index contributed by atoms with van der Waals surface area (Å²) in [5, 5.41) is 0.436. The van der Waals surface area contributed by atoms with Gasteiger partial charge in [-0.3, -0.25) is 14.5 Å². The maximum atomic E-state index is 12.4. The molecule has 0 N–H and O–H groups in total. The minimum atomic E-state index is -0.445. The van der Waals surface area contributed by atoms with Gasteiger partial charge in [0.05, 0.1) is 40.4 Å². The Morgan fingerprint density at radius 2 is 1.54 bits per heavy atom. The summed E-state index contributed by atoms with van der Waals surface area (Å²) in [5.41, 5.74) is 0.854. The third-order valence-corrected chi connectivity index (χ3v) is 4.59. The van der Waals surface area contributed by atoms with E-state index < -0.39 is 17.8 Å². The lowest BCUT2D eigenvalue weighted by molar-refractivity contribution is 0.0595. The number of methoxy groups -OCH3 is 1. The van der Waals surface area contributed by atoms with Gasteiger partial charge in [-0.05, 0) is 36.4 Å². The highest BCUT2D eigenvalue weighted by molar-refractivity contribution is 6.43. The average molecular weight is 394 g/mol. The summed E-state index contributed by atoms with van der Waals surface area (Å²) in [6.45, 7) is 0.171. The summed E-state index contributed by atoms with van der Waals surface area (Å²) >= 11 is 11.8. The highest BCUT2D eigenvalue weighted by atomic mass is 35.5. The van der Waals surface area contributed by atoms with Crippen molar-refractivity contribution in [1.82, 2.24) is 4.90 Å². The van der Waals surface area contributed by atoms with E-state index in [9.17, 15) is 14.4 Å². The second-order valence-corrected chi connectivity index (χ2v) is 6.25. The predicted molar refractivity (Wildman–Crippen MR) is 95.1 cm³/mol. The Hall–Kier alpha value is -2.57. The summed E-state index contributed by atoms with van der Waals surface area (Å²) in [6, 6.07) is 9.13. The molecule has 0 radical (unpaired) electrons. The number of fused-ring (bicyclic) bond motifs is 1. The Labute approximate surface area is 159 Å². The number of nitrogens with zero attached hydrogens (tertiary/aromatic N) is 1. The molecule has 1 heterocycles. The van der Waals surface area contributed by atoms with Crippen molar-refractivity contribution in [3.05, 3.63) is 63.1 Å². The van der Waals surface area contributed by atoms with Crippen LogP contribution in [-0.2, 0) is 4.74 Å². The number of hydrogen-bond acceptors (Lipinski definition) is 5. The highest BCUT2D eigenvalue weighted by Gasteiger charge is 2.36. The lowest BCUT2D eigenvalue weighted by atomic mass is 10.1. The fourth-order valence-corrected chi connectivity index (χ4v) is 2.87. The molecule has 1 aliphatic rings. The van der Waals surface area contributed by atoms with Crippen molar-refractivity contribution in [1.29, 1.82) is 0 Å². The first kappa shape index (κ1) is 18.2. The number of hydrogen-bond donors (Lipinski definition) is 0. The van der Waals surface area contributed by atoms with Crippen molar-refractivity contribution in [2.75, 3.05) is 20.3 Å². The largest absolute Gasteiger partial charge is 0.492 e. The minimum absolute atomic E-state index is 0.0698. The van der Waals surface area contributed by atoms with Gasteiger partial charge in [-0.1, -0.05) is 23.2 Å². The lowest BCUT2D eigenvalue weighted by Crippen LogP contribution is -2.33. The topological polar surface area (TPSA) is 72.9 Å². The van der Waals surface area contributed by atoms with Crippen LogP contribution in [0.4, 0.5) is 0 Å². The molecule has 0 bridgehead atoms. The quantitative estimate of drug-likeness (QED) is 0.574. The Balaban J connectivity index is 1.63. The van der Waals surface area contributed by atoms with Gasteiger partial charge in [0.15, 0.2) is 0 Å². The molecule has 0 fully saturated rings. The summed E-state index contributed by atoms with van der Waals surface area (Å²) in [7, 11) is 1.30. The minimum Gasteiger partial charge on any atom is -0.492 e. The Morgan fingerprint density at radius 1 is 1.00 bits per heavy atom. The Morgan fingerprint density at radius 3 is 2.04 bits per heavy atom. The van der Waals surface area contributed by atoms with Crippen LogP contribution in [-0.4, -0.2) is 42.9 Å². The van der Waals surface area contributed by atoms with E-state index in [2.05, 4.69) is 4.74 Å². The van der Waals surface area contributed by atoms with E-state index in [0.29, 0.717) is 11.3 Å². The third-order valence-electron chi connectivity index (χ3n) is 3.87. The van der Waals surface area contributed by atoms with Crippen molar-refractivity contribution >= 4 is 41.0 Å². The molecule has 0 saturated carbocycles. The number of ether oxygens (including phenoxy) is 2. The van der Waals surface area contributed by atoms with Crippen LogP contribution in [0.5, 0.6) is 5.75 Å². The summed E-state index contributed by atoms with van der Waals surface area (Å²) in [4.78, 5) is 37.2. The maximum Gasteiger partial charge on any atom is 0.337 e. The normalized spacial score (nSPS) is 13.0. The molecule has 134 valence electrons. The monoisotopic (exact) mass is 393 g/mol. The molecule has 2 aromatic carbocycles. The van der Waals surface area contributed by atoms with Gasteiger partial charge in [-0.25, -0.2) is 4.79 Å². The zero-order chi connectivity index (χ0) is 18.8. The van der Waals surface area contributed by atoms with Crippen LogP contribution >= 0.6 is 23.2 Å². The number of benzene rings is 2. The summed E-state index contributed by atoms with van der Waals surface area (Å²) < 4.78 is 10.1. The molecule has 0 unspecified atom stereocenters. The van der Waals surface area contributed by atoms with E-state index in [1.165, 1.54) is 19.2 Å². The average Bonchev–Trinajstić information content (AvgIpc) is 2.86. The zero-order valence-electron chi connectivity index (χ0n) is 13.6. The molecule has 0 aromatic heterocycles. The van der Waals surface area contributed by atoms with E-state index >= 15 is 0 Å². The van der Waals surface area contributed by atoms with Crippen LogP contribution in [0.3, 0.4) is 0 Å². The molecule has 1 aliphatic heterocycles. The SMILES string of the molecule is COC(=O)c1ccc(OCCN2C(=O)c3cc(Cl)c(Cl)cc3C2=O)cc1. The van der Waals surface area contributed by atoms with Gasteiger partial charge in [0.2, 0.25) is 0 Å². The Kier molecular flexibility index (Phi) is 5.15. The van der Waals surface area contributed by atoms with E-state index in [1.807, 2.05) is 0 Å². The first-order chi connectivity index (χ1) is 12.4. The molecular weight excluding hydrogens is 381 g/mol. The molecule has 2 amide bonds. The van der Waals surface area contributed by atoms with Crippen molar-refractivity contribution in [2.45, 2.75) is 0 Å². The maximum absolute atomic E-state index is 12.4. The van der Waals surface area contributed by atoms with E-state index in [-0.39, 0.29) is 34.3 Å². The highest BCUT2D eigenvalue weighted by Crippen LogP contribution is 2.31. The predicted octanol–water partition coefficient (Wildman–Crippen LogP) is 3.46. The molecule has 0 saturated heterocycles. The number of carbonyl (C=O) groups excluding carboxylic acids is 3. The van der Waals surface area contributed by atoms with Crippen LogP contribution in [0.1, 0.15) is 31.1 Å². The fraction of sp³-hybridized carbons (Fsp3) is 0.167. The second kappa shape index (κ2) is 7.35. The lowest BCUT2D eigenvalue weighted by Gasteiger charge is -2.14. The smallest absolute Gasteiger partial charge is 0.337 e. The number of rotatable bonds is 5. The number of imide groups is 1. The van der Waals surface area contributed by atoms with Crippen LogP contribution < -0.4 is 4.74 Å². The van der Waals surface area contributed by atoms with Crippen molar-refractivity contribution < 1.29 is 23.9 Å². The molecular formula is C18H13Cl2NO5. The van der Waals surface area contributed by atoms with Gasteiger partial charge in [-0.2, -0.15) is 0 Å². The molecule has 26 heavy (non-hydrogen) atoms. The zero-order valence-corrected chi connectivity index (χ0v) is 15.1. The van der Waals surface area contributed by atoms with Gasteiger partial charge >= 0.3 is 5.97 Å². The van der Waals surface area contributed by atoms with E-state index in [1.54, 1.807) is 24.3 Å². The molecule has 6 nitrogen and oxygen atoms in total. The standard InChI is InChI=1S/C18H13Cl2NO5/c1-25-18(24)10-2-4-11(5-3-10)26-7-6-21-16(22)12-8-14(19)15(20)9-13(12)17(21)23/h2-5,8-9H,6-7H2,1H3. The molecule has 0 spiro atoms. The van der Waals surface area contributed by atoms with Crippen LogP contribution in [0.15, 0.2) is 36.4 Å². The van der Waals surface area contributed by atoms with Crippen molar-refractivity contribution in [3.8, 4) is 5.75 Å². The van der Waals surface area contributed by atoms with Gasteiger partial charge in [0.1, 0.15) is 12.4 Å². The summed E-state index contributed by atoms with van der Waals surface area (Å²) in [5.74, 6) is -0.818. The second-order valence-electron chi connectivity index (χ2n) is 5.44. The molecule has 3 rings (SSSR count). The molecule has 8 heteroatoms. The van der Waals surface area contributed by atoms with Crippen LogP contribution in [0.25, 0.3) is 0 Å². The van der Waals surface area contributed by atoms with Gasteiger partial charge < -0.3 is 9.47 Å². The number of amides is 2. The molecule has 0 atom stereocenters. The van der Waals surface area contributed by atoms with E-state index in [4.69, 9.17) is 27.9 Å².